The molecule has 2 aromatic carbocycles. The highest BCUT2D eigenvalue weighted by Gasteiger charge is 2.10. The van der Waals surface area contributed by atoms with Gasteiger partial charge in [-0.05, 0) is 31.2 Å². The molecule has 0 fully saturated rings. The molecule has 4 aromatic rings. The summed E-state index contributed by atoms with van der Waals surface area (Å²) < 4.78 is 0.951. The van der Waals surface area contributed by atoms with Crippen LogP contribution in [0.1, 0.15) is 12.2 Å². The number of rotatable bonds is 6. The summed E-state index contributed by atoms with van der Waals surface area (Å²) in [7, 11) is 0. The summed E-state index contributed by atoms with van der Waals surface area (Å²) in [5.74, 6) is 1.26. The van der Waals surface area contributed by atoms with Crippen molar-refractivity contribution in [1.82, 2.24) is 15.0 Å². The number of thioether (sulfide) groups is 1. The van der Waals surface area contributed by atoms with Crippen LogP contribution >= 0.6 is 34.7 Å². The summed E-state index contributed by atoms with van der Waals surface area (Å²) in [5, 5.41) is 4.97. The van der Waals surface area contributed by atoms with Crippen molar-refractivity contribution in [2.45, 2.75) is 18.4 Å². The predicted octanol–water partition coefficient (Wildman–Crippen LogP) is 5.84. The first kappa shape index (κ1) is 19.8. The Morgan fingerprint density at radius 3 is 2.76 bits per heavy atom. The molecule has 5 nitrogen and oxygen atoms in total. The molecule has 0 atom stereocenters. The highest BCUT2D eigenvalue weighted by atomic mass is 35.5. The van der Waals surface area contributed by atoms with E-state index < -0.39 is 0 Å². The first-order chi connectivity index (χ1) is 14.1. The molecule has 1 N–H and O–H groups in total. The van der Waals surface area contributed by atoms with Crippen LogP contribution < -0.4 is 5.32 Å². The number of nitrogens with one attached hydrogen (secondary N) is 1. The number of amides is 1. The van der Waals surface area contributed by atoms with Crippen molar-refractivity contribution in [1.29, 1.82) is 0 Å². The predicted molar refractivity (Wildman–Crippen MR) is 121 cm³/mol. The van der Waals surface area contributed by atoms with Gasteiger partial charge in [-0.15, -0.1) is 11.8 Å². The lowest BCUT2D eigenvalue weighted by atomic mass is 10.1. The van der Waals surface area contributed by atoms with Crippen LogP contribution in [-0.4, -0.2) is 26.6 Å². The lowest BCUT2D eigenvalue weighted by molar-refractivity contribution is -0.115. The van der Waals surface area contributed by atoms with Crippen molar-refractivity contribution < 1.29 is 4.79 Å². The third kappa shape index (κ3) is 5.12. The van der Waals surface area contributed by atoms with E-state index in [2.05, 4.69) is 20.3 Å². The third-order valence-corrected chi connectivity index (χ3v) is 6.14. The number of hydrogen-bond donors (Lipinski definition) is 1. The molecule has 8 heteroatoms. The molecule has 0 aliphatic carbocycles. The number of aromatic nitrogens is 3. The Hall–Kier alpha value is -2.48. The van der Waals surface area contributed by atoms with Gasteiger partial charge in [0.2, 0.25) is 5.91 Å². The number of anilines is 1. The van der Waals surface area contributed by atoms with Crippen molar-refractivity contribution in [3.63, 3.8) is 0 Å². The molecule has 0 aliphatic heterocycles. The van der Waals surface area contributed by atoms with Crippen molar-refractivity contribution in [2.24, 2.45) is 0 Å². The smallest absolute Gasteiger partial charge is 0.226 e. The summed E-state index contributed by atoms with van der Waals surface area (Å²) in [6.45, 7) is 1.88. The molecule has 0 spiro atoms. The van der Waals surface area contributed by atoms with E-state index in [0.29, 0.717) is 28.2 Å². The van der Waals surface area contributed by atoms with Crippen LogP contribution in [0.4, 0.5) is 5.13 Å². The van der Waals surface area contributed by atoms with Gasteiger partial charge < -0.3 is 5.32 Å². The second kappa shape index (κ2) is 8.90. The van der Waals surface area contributed by atoms with Gasteiger partial charge in [-0.3, -0.25) is 4.79 Å². The number of halogens is 1. The topological polar surface area (TPSA) is 67.8 Å². The maximum Gasteiger partial charge on any atom is 0.226 e. The lowest BCUT2D eigenvalue weighted by Crippen LogP contribution is -2.11. The fourth-order valence-electron chi connectivity index (χ4n) is 2.75. The van der Waals surface area contributed by atoms with Crippen molar-refractivity contribution in [3.05, 3.63) is 65.4 Å². The van der Waals surface area contributed by atoms with Crippen LogP contribution in [0, 0.1) is 6.92 Å². The van der Waals surface area contributed by atoms with E-state index >= 15 is 0 Å². The van der Waals surface area contributed by atoms with Crippen LogP contribution in [0.15, 0.2) is 59.6 Å². The molecule has 0 radical (unpaired) electrons. The van der Waals surface area contributed by atoms with Gasteiger partial charge in [0.1, 0.15) is 10.9 Å². The summed E-state index contributed by atoms with van der Waals surface area (Å²) in [6, 6.07) is 17.4. The van der Waals surface area contributed by atoms with Gasteiger partial charge in [0, 0.05) is 22.8 Å². The van der Waals surface area contributed by atoms with Gasteiger partial charge in [0.25, 0.3) is 0 Å². The fourth-order valence-corrected chi connectivity index (χ4v) is 4.80. The Balaban J connectivity index is 1.36. The summed E-state index contributed by atoms with van der Waals surface area (Å²) in [5.41, 5.74) is 2.76. The average Bonchev–Trinajstić information content (AvgIpc) is 3.09. The molecular formula is C21H17ClN4OS2. The largest absolute Gasteiger partial charge is 0.302 e. The van der Waals surface area contributed by atoms with Gasteiger partial charge >= 0.3 is 0 Å². The highest BCUT2D eigenvalue weighted by Crippen LogP contribution is 2.28. The lowest BCUT2D eigenvalue weighted by Gasteiger charge is -2.06. The maximum absolute atomic E-state index is 12.3. The molecule has 2 heterocycles. The number of carbonyl (C=O) groups excluding carboxylic acids is 1. The first-order valence-corrected chi connectivity index (χ1v) is 11.1. The third-order valence-electron chi connectivity index (χ3n) is 4.06. The fraction of sp³-hybridized carbons (Fsp3) is 0.143. The van der Waals surface area contributed by atoms with Crippen LogP contribution in [0.25, 0.3) is 21.5 Å². The SMILES string of the molecule is Cc1nc(SCCC(=O)Nc2nc3ccc(Cl)cc3s2)cc(-c2ccccc2)n1. The number of hydrogen-bond acceptors (Lipinski definition) is 6. The number of carbonyl (C=O) groups is 1. The van der Waals surface area contributed by atoms with E-state index in [0.717, 1.165) is 26.5 Å². The molecule has 0 aliphatic rings. The van der Waals surface area contributed by atoms with Crippen LogP contribution in [0.3, 0.4) is 0 Å². The number of aryl methyl sites for hydroxylation is 1. The van der Waals surface area contributed by atoms with Crippen LogP contribution in [0.5, 0.6) is 0 Å². The van der Waals surface area contributed by atoms with Crippen molar-refractivity contribution >= 4 is 56.0 Å². The molecule has 0 bridgehead atoms. The number of thiazole rings is 1. The van der Waals surface area contributed by atoms with E-state index in [4.69, 9.17) is 11.6 Å². The Morgan fingerprint density at radius 1 is 1.10 bits per heavy atom. The van der Waals surface area contributed by atoms with Crippen LogP contribution in [-0.2, 0) is 4.79 Å². The zero-order valence-corrected chi connectivity index (χ0v) is 17.9. The van der Waals surface area contributed by atoms with Gasteiger partial charge in [0.15, 0.2) is 5.13 Å². The molecule has 146 valence electrons. The summed E-state index contributed by atoms with van der Waals surface area (Å²) in [4.78, 5) is 25.7. The Morgan fingerprint density at radius 2 is 1.93 bits per heavy atom. The zero-order valence-electron chi connectivity index (χ0n) is 15.6. The van der Waals surface area contributed by atoms with Gasteiger partial charge in [0.05, 0.1) is 15.9 Å². The second-order valence-electron chi connectivity index (χ2n) is 6.28. The summed E-state index contributed by atoms with van der Waals surface area (Å²) >= 11 is 8.96. The number of fused-ring (bicyclic) bond motifs is 1. The maximum atomic E-state index is 12.3. The van der Waals surface area contributed by atoms with E-state index in [1.807, 2.05) is 55.5 Å². The normalized spacial score (nSPS) is 11.0. The number of benzene rings is 2. The quantitative estimate of drug-likeness (QED) is 0.301. The highest BCUT2D eigenvalue weighted by molar-refractivity contribution is 7.99. The molecule has 29 heavy (non-hydrogen) atoms. The van der Waals surface area contributed by atoms with E-state index in [9.17, 15) is 4.79 Å². The Labute approximate surface area is 181 Å². The van der Waals surface area contributed by atoms with E-state index in [-0.39, 0.29) is 5.91 Å². The molecule has 4 rings (SSSR count). The second-order valence-corrected chi connectivity index (χ2v) is 8.86. The molecule has 2 aromatic heterocycles. The Kier molecular flexibility index (Phi) is 6.08. The van der Waals surface area contributed by atoms with Crippen LogP contribution in [0.2, 0.25) is 5.02 Å². The summed E-state index contributed by atoms with van der Waals surface area (Å²) in [6.07, 6.45) is 0.366. The molecule has 1 amide bonds. The van der Waals surface area contributed by atoms with Crippen molar-refractivity contribution in [2.75, 3.05) is 11.1 Å². The molecule has 0 saturated heterocycles. The first-order valence-electron chi connectivity index (χ1n) is 8.97. The molecular weight excluding hydrogens is 424 g/mol. The van der Waals surface area contributed by atoms with Gasteiger partial charge in [-0.1, -0.05) is 53.3 Å². The molecule has 0 unspecified atom stereocenters. The monoisotopic (exact) mass is 440 g/mol. The minimum absolute atomic E-state index is 0.0725. The number of nitrogens with zero attached hydrogens (tertiary/aromatic N) is 3. The standard InChI is InChI=1S/C21H17ClN4OS2/c1-13-23-17(14-5-3-2-4-6-14)12-20(24-13)28-10-9-19(27)26-21-25-16-8-7-15(22)11-18(16)29-21/h2-8,11-12H,9-10H2,1H3,(H,25,26,27). The van der Waals surface area contributed by atoms with E-state index in [1.54, 1.807) is 17.8 Å². The average molecular weight is 441 g/mol. The zero-order chi connectivity index (χ0) is 20.2. The minimum atomic E-state index is -0.0725. The van der Waals surface area contributed by atoms with E-state index in [1.165, 1.54) is 11.3 Å². The van der Waals surface area contributed by atoms with Gasteiger partial charge in [-0.25, -0.2) is 15.0 Å². The van der Waals surface area contributed by atoms with Gasteiger partial charge in [-0.2, -0.15) is 0 Å². The molecule has 0 saturated carbocycles. The minimum Gasteiger partial charge on any atom is -0.302 e. The van der Waals surface area contributed by atoms with Crippen molar-refractivity contribution in [3.8, 4) is 11.3 Å². The Bertz CT molecular complexity index is 1160.